The molecule has 1 aromatic carbocycles. The fourth-order valence-electron chi connectivity index (χ4n) is 2.88. The molecule has 22 heavy (non-hydrogen) atoms. The summed E-state index contributed by atoms with van der Waals surface area (Å²) in [6.45, 7) is 1.65. The Bertz CT molecular complexity index is 803. The van der Waals surface area contributed by atoms with E-state index in [2.05, 4.69) is 55.1 Å². The van der Waals surface area contributed by atoms with Crippen molar-refractivity contribution < 1.29 is 0 Å². The van der Waals surface area contributed by atoms with E-state index in [0.29, 0.717) is 6.54 Å². The molecule has 0 bridgehead atoms. The molecule has 0 saturated carbocycles. The van der Waals surface area contributed by atoms with E-state index in [9.17, 15) is 0 Å². The molecule has 0 spiro atoms. The van der Waals surface area contributed by atoms with Crippen molar-refractivity contribution in [2.45, 2.75) is 13.0 Å². The molecule has 1 N–H and O–H groups in total. The Hall–Kier alpha value is -2.34. The summed E-state index contributed by atoms with van der Waals surface area (Å²) in [7, 11) is 1.83. The number of nitrogens with zero attached hydrogens (tertiary/aromatic N) is 4. The molecule has 0 radical (unpaired) electrons. The van der Waals surface area contributed by atoms with Crippen LogP contribution >= 0.6 is 11.3 Å². The molecule has 0 aliphatic carbocycles. The maximum absolute atomic E-state index is 4.60. The number of fused-ring (bicyclic) bond motifs is 2. The molecule has 0 atom stereocenters. The van der Waals surface area contributed by atoms with Gasteiger partial charge in [0.2, 0.25) is 0 Å². The number of aromatic nitrogens is 2. The smallest absolute Gasteiger partial charge is 0.198 e. The number of aliphatic imine (C=N–C) groups is 1. The summed E-state index contributed by atoms with van der Waals surface area (Å²) in [5, 5.41) is 5.47. The predicted octanol–water partition coefficient (Wildman–Crippen LogP) is 2.53. The SMILES string of the molecule is CN=C(NCc1cn2ccsc2n1)N1CCc2ccccc21. The Balaban J connectivity index is 1.50. The van der Waals surface area contributed by atoms with Crippen LogP contribution in [0.1, 0.15) is 11.3 Å². The van der Waals surface area contributed by atoms with Crippen LogP contribution in [0.25, 0.3) is 4.96 Å². The molecule has 3 aromatic rings. The molecule has 6 heteroatoms. The minimum atomic E-state index is 0.680. The number of anilines is 1. The van der Waals surface area contributed by atoms with E-state index < -0.39 is 0 Å². The van der Waals surface area contributed by atoms with Crippen LogP contribution in [0.5, 0.6) is 0 Å². The van der Waals surface area contributed by atoms with E-state index in [-0.39, 0.29) is 0 Å². The minimum absolute atomic E-state index is 0.680. The van der Waals surface area contributed by atoms with Crippen LogP contribution in [0.2, 0.25) is 0 Å². The number of hydrogen-bond acceptors (Lipinski definition) is 3. The summed E-state index contributed by atoms with van der Waals surface area (Å²) in [6.07, 6.45) is 5.16. The average molecular weight is 311 g/mol. The topological polar surface area (TPSA) is 44.9 Å². The van der Waals surface area contributed by atoms with Crippen molar-refractivity contribution in [1.29, 1.82) is 0 Å². The molecule has 0 amide bonds. The second kappa shape index (κ2) is 5.46. The second-order valence-electron chi connectivity index (χ2n) is 5.26. The van der Waals surface area contributed by atoms with Gasteiger partial charge in [0.1, 0.15) is 0 Å². The maximum Gasteiger partial charge on any atom is 0.198 e. The van der Waals surface area contributed by atoms with E-state index in [1.165, 1.54) is 11.3 Å². The van der Waals surface area contributed by atoms with Crippen LogP contribution in [0.15, 0.2) is 47.0 Å². The van der Waals surface area contributed by atoms with Gasteiger partial charge in [-0.05, 0) is 18.1 Å². The molecule has 3 heterocycles. The van der Waals surface area contributed by atoms with E-state index in [1.807, 2.05) is 18.6 Å². The van der Waals surface area contributed by atoms with Gasteiger partial charge in [0, 0.05) is 37.1 Å². The van der Waals surface area contributed by atoms with E-state index in [0.717, 1.165) is 29.6 Å². The summed E-state index contributed by atoms with van der Waals surface area (Å²) in [5.74, 6) is 0.904. The van der Waals surface area contributed by atoms with Crippen LogP contribution in [-0.2, 0) is 13.0 Å². The van der Waals surface area contributed by atoms with Crippen LogP contribution in [0.4, 0.5) is 5.69 Å². The number of benzene rings is 1. The quantitative estimate of drug-likeness (QED) is 0.584. The van der Waals surface area contributed by atoms with Gasteiger partial charge in [-0.1, -0.05) is 18.2 Å². The van der Waals surface area contributed by atoms with Crippen molar-refractivity contribution in [2.24, 2.45) is 4.99 Å². The first-order valence-electron chi connectivity index (χ1n) is 7.32. The molecule has 1 aliphatic rings. The molecule has 2 aromatic heterocycles. The number of rotatable bonds is 2. The fourth-order valence-corrected chi connectivity index (χ4v) is 3.60. The number of nitrogens with one attached hydrogen (secondary N) is 1. The van der Waals surface area contributed by atoms with Gasteiger partial charge in [0.15, 0.2) is 10.9 Å². The molecule has 0 saturated heterocycles. The van der Waals surface area contributed by atoms with Crippen LogP contribution < -0.4 is 10.2 Å². The molecule has 0 unspecified atom stereocenters. The van der Waals surface area contributed by atoms with Crippen molar-refractivity contribution in [3.05, 3.63) is 53.3 Å². The Morgan fingerprint density at radius 2 is 2.32 bits per heavy atom. The lowest BCUT2D eigenvalue weighted by Gasteiger charge is -2.21. The van der Waals surface area contributed by atoms with Crippen molar-refractivity contribution in [3.8, 4) is 0 Å². The zero-order chi connectivity index (χ0) is 14.9. The summed E-state index contributed by atoms with van der Waals surface area (Å²) in [4.78, 5) is 12.3. The third-order valence-corrected chi connectivity index (χ3v) is 4.70. The number of guanidine groups is 1. The zero-order valence-corrected chi connectivity index (χ0v) is 13.2. The van der Waals surface area contributed by atoms with Crippen LogP contribution in [0.3, 0.4) is 0 Å². The molecule has 5 nitrogen and oxygen atoms in total. The Morgan fingerprint density at radius 3 is 3.18 bits per heavy atom. The van der Waals surface area contributed by atoms with Crippen molar-refractivity contribution >= 4 is 27.9 Å². The van der Waals surface area contributed by atoms with Crippen LogP contribution in [-0.4, -0.2) is 28.9 Å². The summed E-state index contributed by atoms with van der Waals surface area (Å²) in [5.41, 5.74) is 3.66. The van der Waals surface area contributed by atoms with Crippen LogP contribution in [0, 0.1) is 0 Å². The van der Waals surface area contributed by atoms with E-state index in [4.69, 9.17) is 0 Å². The first-order valence-corrected chi connectivity index (χ1v) is 8.20. The monoisotopic (exact) mass is 311 g/mol. The van der Waals surface area contributed by atoms with Gasteiger partial charge in [0.25, 0.3) is 0 Å². The highest BCUT2D eigenvalue weighted by Crippen LogP contribution is 2.27. The molecular weight excluding hydrogens is 294 g/mol. The van der Waals surface area contributed by atoms with Crippen molar-refractivity contribution in [2.75, 3.05) is 18.5 Å². The first-order chi connectivity index (χ1) is 10.8. The van der Waals surface area contributed by atoms with Gasteiger partial charge < -0.3 is 10.2 Å². The summed E-state index contributed by atoms with van der Waals surface area (Å²) >= 11 is 1.65. The Labute approximate surface area is 132 Å². The number of thiazole rings is 1. The third kappa shape index (κ3) is 2.25. The normalized spacial score (nSPS) is 14.6. The highest BCUT2D eigenvalue weighted by molar-refractivity contribution is 7.15. The number of imidazole rings is 1. The van der Waals surface area contributed by atoms with Gasteiger partial charge in [-0.2, -0.15) is 0 Å². The van der Waals surface area contributed by atoms with Gasteiger partial charge in [-0.15, -0.1) is 11.3 Å². The Kier molecular flexibility index (Phi) is 3.31. The summed E-state index contributed by atoms with van der Waals surface area (Å²) in [6, 6.07) is 8.51. The lowest BCUT2D eigenvalue weighted by molar-refractivity contribution is 0.848. The first kappa shape index (κ1) is 13.3. The van der Waals surface area contributed by atoms with Crippen molar-refractivity contribution in [3.63, 3.8) is 0 Å². The highest BCUT2D eigenvalue weighted by Gasteiger charge is 2.22. The molecule has 0 fully saturated rings. The van der Waals surface area contributed by atoms with Crippen molar-refractivity contribution in [1.82, 2.24) is 14.7 Å². The van der Waals surface area contributed by atoms with E-state index in [1.54, 1.807) is 11.3 Å². The maximum atomic E-state index is 4.60. The van der Waals surface area contributed by atoms with Gasteiger partial charge in [-0.3, -0.25) is 9.39 Å². The summed E-state index contributed by atoms with van der Waals surface area (Å²) < 4.78 is 2.05. The molecule has 1 aliphatic heterocycles. The fraction of sp³-hybridized carbons (Fsp3) is 0.250. The van der Waals surface area contributed by atoms with E-state index >= 15 is 0 Å². The lowest BCUT2D eigenvalue weighted by atomic mass is 10.2. The minimum Gasteiger partial charge on any atom is -0.350 e. The number of hydrogen-bond donors (Lipinski definition) is 1. The standard InChI is InChI=1S/C16H17N5S/c1-17-15(21-7-6-12-4-2-3-5-14(12)21)18-10-13-11-20-8-9-22-16(20)19-13/h2-5,8-9,11H,6-7,10H2,1H3,(H,17,18). The van der Waals surface area contributed by atoms with Gasteiger partial charge in [0.05, 0.1) is 12.2 Å². The molecular formula is C16H17N5S. The molecule has 4 rings (SSSR count). The number of para-hydroxylation sites is 1. The van der Waals surface area contributed by atoms with Gasteiger partial charge >= 0.3 is 0 Å². The molecule has 112 valence electrons. The van der Waals surface area contributed by atoms with Gasteiger partial charge in [-0.25, -0.2) is 4.98 Å². The zero-order valence-electron chi connectivity index (χ0n) is 12.4. The lowest BCUT2D eigenvalue weighted by Crippen LogP contribution is -2.40. The highest BCUT2D eigenvalue weighted by atomic mass is 32.1. The largest absolute Gasteiger partial charge is 0.350 e. The second-order valence-corrected chi connectivity index (χ2v) is 6.13. The Morgan fingerprint density at radius 1 is 1.41 bits per heavy atom. The predicted molar refractivity (Wildman–Crippen MR) is 90.8 cm³/mol. The average Bonchev–Trinajstić information content (AvgIpc) is 3.22. The third-order valence-electron chi connectivity index (χ3n) is 3.93.